The van der Waals surface area contributed by atoms with Crippen molar-refractivity contribution in [2.45, 2.75) is 13.8 Å². The predicted molar refractivity (Wildman–Crippen MR) is 99.8 cm³/mol. The highest BCUT2D eigenvalue weighted by molar-refractivity contribution is 9.10. The van der Waals surface area contributed by atoms with Gasteiger partial charge in [-0.3, -0.25) is 4.40 Å². The van der Waals surface area contributed by atoms with Gasteiger partial charge in [0.15, 0.2) is 5.76 Å². The maximum absolute atomic E-state index is 5.81. The average molecular weight is 382 g/mol. The van der Waals surface area contributed by atoms with Crippen LogP contribution >= 0.6 is 15.9 Å². The number of nitrogens with zero attached hydrogens (tertiary/aromatic N) is 2. The van der Waals surface area contributed by atoms with Gasteiger partial charge >= 0.3 is 0 Å². The summed E-state index contributed by atoms with van der Waals surface area (Å²) in [5.74, 6) is 2.50. The molecular weight excluding hydrogens is 366 g/mol. The lowest BCUT2D eigenvalue weighted by Crippen LogP contribution is -1.98. The van der Waals surface area contributed by atoms with Crippen LogP contribution in [0.1, 0.15) is 11.3 Å². The molecule has 0 amide bonds. The summed E-state index contributed by atoms with van der Waals surface area (Å²) >= 11 is 3.54. The molecule has 0 aliphatic carbocycles. The molecule has 1 N–H and O–H groups in total. The van der Waals surface area contributed by atoms with Crippen LogP contribution in [0.5, 0.6) is 0 Å². The Morgan fingerprint density at radius 1 is 1.04 bits per heavy atom. The summed E-state index contributed by atoms with van der Waals surface area (Å²) in [6, 6.07) is 16.1. The molecular formula is C19H16BrN3O. The van der Waals surface area contributed by atoms with Gasteiger partial charge < -0.3 is 9.73 Å². The third-order valence-electron chi connectivity index (χ3n) is 3.95. The second kappa shape index (κ2) is 5.83. The van der Waals surface area contributed by atoms with Gasteiger partial charge in [0.2, 0.25) is 0 Å². The van der Waals surface area contributed by atoms with Crippen LogP contribution < -0.4 is 5.32 Å². The fourth-order valence-corrected chi connectivity index (χ4v) is 3.05. The van der Waals surface area contributed by atoms with Gasteiger partial charge in [0.1, 0.15) is 22.9 Å². The maximum atomic E-state index is 5.81. The minimum atomic E-state index is 0.753. The van der Waals surface area contributed by atoms with Gasteiger partial charge in [0, 0.05) is 16.4 Å². The first-order valence-electron chi connectivity index (χ1n) is 7.69. The van der Waals surface area contributed by atoms with Crippen molar-refractivity contribution >= 4 is 33.1 Å². The number of hydrogen-bond acceptors (Lipinski definition) is 3. The Labute approximate surface area is 148 Å². The topological polar surface area (TPSA) is 42.5 Å². The number of anilines is 2. The summed E-state index contributed by atoms with van der Waals surface area (Å²) in [6.07, 6.45) is 2.00. The van der Waals surface area contributed by atoms with Gasteiger partial charge in [-0.15, -0.1) is 0 Å². The van der Waals surface area contributed by atoms with E-state index in [1.165, 1.54) is 5.56 Å². The quantitative estimate of drug-likeness (QED) is 0.493. The molecule has 0 saturated heterocycles. The number of aryl methyl sites for hydroxylation is 2. The number of imidazole rings is 1. The highest BCUT2D eigenvalue weighted by Crippen LogP contribution is 2.33. The minimum absolute atomic E-state index is 0.753. The van der Waals surface area contributed by atoms with Crippen molar-refractivity contribution < 1.29 is 4.42 Å². The summed E-state index contributed by atoms with van der Waals surface area (Å²) in [7, 11) is 0. The van der Waals surface area contributed by atoms with Gasteiger partial charge in [-0.2, -0.15) is 0 Å². The van der Waals surface area contributed by atoms with Crippen molar-refractivity contribution in [3.63, 3.8) is 0 Å². The number of furan rings is 1. The Bertz CT molecular complexity index is 1030. The van der Waals surface area contributed by atoms with Crippen LogP contribution in [-0.2, 0) is 0 Å². The zero-order valence-electron chi connectivity index (χ0n) is 13.4. The highest BCUT2D eigenvalue weighted by Gasteiger charge is 2.17. The lowest BCUT2D eigenvalue weighted by molar-refractivity contribution is 0.547. The second-order valence-electron chi connectivity index (χ2n) is 5.73. The summed E-state index contributed by atoms with van der Waals surface area (Å²) in [4.78, 5) is 4.75. The summed E-state index contributed by atoms with van der Waals surface area (Å²) in [6.45, 7) is 4.02. The fraction of sp³-hybridized carbons (Fsp3) is 0.105. The molecule has 3 heterocycles. The Balaban J connectivity index is 1.93. The highest BCUT2D eigenvalue weighted by atomic mass is 79.9. The molecule has 0 bridgehead atoms. The van der Waals surface area contributed by atoms with E-state index in [1.54, 1.807) is 0 Å². The molecule has 0 fully saturated rings. The lowest BCUT2D eigenvalue weighted by atomic mass is 10.2. The maximum Gasteiger partial charge on any atom is 0.156 e. The molecule has 120 valence electrons. The van der Waals surface area contributed by atoms with Crippen molar-refractivity contribution in [2.24, 2.45) is 0 Å². The zero-order chi connectivity index (χ0) is 16.7. The van der Waals surface area contributed by atoms with Crippen LogP contribution in [0.15, 0.2) is 63.6 Å². The monoisotopic (exact) mass is 381 g/mol. The SMILES string of the molecule is Cc1ccc(-c2nc3ccc(Br)cn3c2Nc2ccccc2C)o1. The number of hydrogen-bond donors (Lipinski definition) is 1. The molecule has 24 heavy (non-hydrogen) atoms. The van der Waals surface area contributed by atoms with E-state index in [4.69, 9.17) is 9.40 Å². The number of rotatable bonds is 3. The largest absolute Gasteiger partial charge is 0.460 e. The van der Waals surface area contributed by atoms with Crippen LogP contribution in [0.25, 0.3) is 17.1 Å². The first-order chi connectivity index (χ1) is 11.6. The molecule has 0 atom stereocenters. The third kappa shape index (κ3) is 2.61. The van der Waals surface area contributed by atoms with E-state index in [1.807, 2.05) is 53.9 Å². The second-order valence-corrected chi connectivity index (χ2v) is 6.65. The van der Waals surface area contributed by atoms with Crippen LogP contribution in [0.3, 0.4) is 0 Å². The van der Waals surface area contributed by atoms with E-state index in [0.29, 0.717) is 0 Å². The van der Waals surface area contributed by atoms with E-state index in [9.17, 15) is 0 Å². The minimum Gasteiger partial charge on any atom is -0.460 e. The molecule has 0 aliphatic heterocycles. The van der Waals surface area contributed by atoms with E-state index in [2.05, 4.69) is 40.3 Å². The van der Waals surface area contributed by atoms with E-state index < -0.39 is 0 Å². The molecule has 0 unspecified atom stereocenters. The molecule has 4 rings (SSSR count). The van der Waals surface area contributed by atoms with Gasteiger partial charge in [0.25, 0.3) is 0 Å². The van der Waals surface area contributed by atoms with Gasteiger partial charge in [-0.1, -0.05) is 18.2 Å². The van der Waals surface area contributed by atoms with Gasteiger partial charge in [-0.25, -0.2) is 4.98 Å². The molecule has 0 radical (unpaired) electrons. The molecule has 0 saturated carbocycles. The van der Waals surface area contributed by atoms with E-state index in [0.717, 1.165) is 38.8 Å². The van der Waals surface area contributed by atoms with Gasteiger partial charge in [-0.05, 0) is 65.7 Å². The number of aromatic nitrogens is 2. The molecule has 3 aromatic heterocycles. The van der Waals surface area contributed by atoms with Crippen molar-refractivity contribution in [1.29, 1.82) is 0 Å². The van der Waals surface area contributed by atoms with Gasteiger partial charge in [0.05, 0.1) is 0 Å². The van der Waals surface area contributed by atoms with Crippen molar-refractivity contribution in [3.05, 3.63) is 70.5 Å². The Kier molecular flexibility index (Phi) is 3.65. The fourth-order valence-electron chi connectivity index (χ4n) is 2.71. The number of nitrogens with one attached hydrogen (secondary N) is 1. The van der Waals surface area contributed by atoms with Crippen LogP contribution in [-0.4, -0.2) is 9.38 Å². The van der Waals surface area contributed by atoms with Crippen molar-refractivity contribution in [2.75, 3.05) is 5.32 Å². The van der Waals surface area contributed by atoms with E-state index in [-0.39, 0.29) is 0 Å². The lowest BCUT2D eigenvalue weighted by Gasteiger charge is -2.10. The molecule has 0 spiro atoms. The Morgan fingerprint density at radius 3 is 2.62 bits per heavy atom. The summed E-state index contributed by atoms with van der Waals surface area (Å²) in [5, 5.41) is 3.52. The predicted octanol–water partition coefficient (Wildman–Crippen LogP) is 5.72. The first kappa shape index (κ1) is 15.0. The number of para-hydroxylation sites is 1. The average Bonchev–Trinajstić information content (AvgIpc) is 3.14. The van der Waals surface area contributed by atoms with Crippen molar-refractivity contribution in [3.8, 4) is 11.5 Å². The smallest absolute Gasteiger partial charge is 0.156 e. The number of pyridine rings is 1. The van der Waals surface area contributed by atoms with E-state index >= 15 is 0 Å². The Morgan fingerprint density at radius 2 is 1.88 bits per heavy atom. The molecule has 1 aromatic carbocycles. The molecule has 4 aromatic rings. The number of benzene rings is 1. The summed E-state index contributed by atoms with van der Waals surface area (Å²) < 4.78 is 8.83. The molecule has 4 nitrogen and oxygen atoms in total. The molecule has 5 heteroatoms. The number of halogens is 1. The van der Waals surface area contributed by atoms with Crippen LogP contribution in [0.2, 0.25) is 0 Å². The Hall–Kier alpha value is -2.53. The normalized spacial score (nSPS) is 11.1. The third-order valence-corrected chi connectivity index (χ3v) is 4.42. The molecule has 0 aliphatic rings. The standard InChI is InChI=1S/C19H16BrN3O/c1-12-5-3-4-6-15(12)21-19-18(16-9-7-13(2)24-16)22-17-10-8-14(20)11-23(17)19/h3-11,21H,1-2H3. The zero-order valence-corrected chi connectivity index (χ0v) is 15.0. The van der Waals surface area contributed by atoms with Crippen molar-refractivity contribution in [1.82, 2.24) is 9.38 Å². The number of fused-ring (bicyclic) bond motifs is 1. The summed E-state index contributed by atoms with van der Waals surface area (Å²) in [5.41, 5.74) is 3.87. The van der Waals surface area contributed by atoms with Crippen LogP contribution in [0.4, 0.5) is 11.5 Å². The van der Waals surface area contributed by atoms with Crippen LogP contribution in [0, 0.1) is 13.8 Å². The first-order valence-corrected chi connectivity index (χ1v) is 8.48.